The number of carboxylic acid groups (broad SMARTS) is 1. The summed E-state index contributed by atoms with van der Waals surface area (Å²) >= 11 is 0. The van der Waals surface area contributed by atoms with Gasteiger partial charge in [0.1, 0.15) is 0 Å². The fourth-order valence-electron chi connectivity index (χ4n) is 2.53. The lowest BCUT2D eigenvalue weighted by Crippen LogP contribution is -2.21. The molecule has 0 amide bonds. The van der Waals surface area contributed by atoms with Gasteiger partial charge in [-0.05, 0) is 57.8 Å². The van der Waals surface area contributed by atoms with Crippen LogP contribution in [0.4, 0.5) is 0 Å². The van der Waals surface area contributed by atoms with E-state index < -0.39 is 5.97 Å². The number of allylic oxidation sites excluding steroid dienone is 5. The summed E-state index contributed by atoms with van der Waals surface area (Å²) in [5.41, 5.74) is 0. The van der Waals surface area contributed by atoms with E-state index in [1.807, 2.05) is 0 Å². The molecular weight excluding hydrogens is 304 g/mol. The second kappa shape index (κ2) is 14.0. The fourth-order valence-corrected chi connectivity index (χ4v) is 2.53. The van der Waals surface area contributed by atoms with E-state index in [-0.39, 0.29) is 18.6 Å². The lowest BCUT2D eigenvalue weighted by Gasteiger charge is -1.98. The zero-order chi connectivity index (χ0) is 17.5. The number of unbranched alkanes of at least 4 members (excludes halogenated alkanes) is 3. The third-order valence-corrected chi connectivity index (χ3v) is 4.00. The number of carbonyl (C=O) groups is 1. The molecule has 0 aromatic carbocycles. The summed E-state index contributed by atoms with van der Waals surface area (Å²) in [7, 11) is 0. The summed E-state index contributed by atoms with van der Waals surface area (Å²) < 4.78 is 5.50. The van der Waals surface area contributed by atoms with Gasteiger partial charge in [-0.3, -0.25) is 0 Å². The van der Waals surface area contributed by atoms with Crippen LogP contribution in [0, 0.1) is 0 Å². The van der Waals surface area contributed by atoms with Crippen molar-refractivity contribution in [3.8, 4) is 0 Å². The van der Waals surface area contributed by atoms with E-state index >= 15 is 0 Å². The minimum atomic E-state index is -0.976. The first-order valence-corrected chi connectivity index (χ1v) is 9.15. The summed E-state index contributed by atoms with van der Waals surface area (Å²) in [6.07, 6.45) is 22.2. The largest absolute Gasteiger partial charge is 0.550 e. The molecule has 0 aliphatic carbocycles. The van der Waals surface area contributed by atoms with Crippen LogP contribution in [0.2, 0.25) is 0 Å². The molecule has 0 spiro atoms. The van der Waals surface area contributed by atoms with Gasteiger partial charge in [0.25, 0.3) is 0 Å². The Hall–Kier alpha value is -1.39. The van der Waals surface area contributed by atoms with E-state index in [4.69, 9.17) is 9.84 Å². The number of epoxide rings is 1. The molecule has 1 N–H and O–H groups in total. The van der Waals surface area contributed by atoms with E-state index in [1.165, 1.54) is 0 Å². The van der Waals surface area contributed by atoms with Gasteiger partial charge in [-0.15, -0.1) is 0 Å². The van der Waals surface area contributed by atoms with Crippen LogP contribution in [-0.2, 0) is 9.53 Å². The molecule has 0 aromatic heterocycles. The zero-order valence-electron chi connectivity index (χ0n) is 14.6. The number of aliphatic hydroxyl groups excluding tert-OH is 1. The predicted molar refractivity (Wildman–Crippen MR) is 94.3 cm³/mol. The molecule has 24 heavy (non-hydrogen) atoms. The first-order valence-electron chi connectivity index (χ1n) is 9.15. The fraction of sp³-hybridized carbons (Fsp3) is 0.650. The molecule has 1 saturated heterocycles. The standard InChI is InChI=1S/C20H32O4/c21-17-12-10-8-6-4-2-1-3-5-7-9-11-14-18-19(24-18)15-13-16-20(22)23/h2-5,9,11,18-19,21H,1,6-8,10,12-17H2,(H,22,23)/p-1/b4-2-,5-3-,11-9-. The third kappa shape index (κ3) is 12.1. The molecule has 0 saturated carbocycles. The van der Waals surface area contributed by atoms with E-state index in [2.05, 4.69) is 36.5 Å². The Labute approximate surface area is 145 Å². The van der Waals surface area contributed by atoms with Crippen LogP contribution in [-0.4, -0.2) is 29.9 Å². The quantitative estimate of drug-likeness (QED) is 0.284. The maximum atomic E-state index is 10.3. The summed E-state index contributed by atoms with van der Waals surface area (Å²) in [6, 6.07) is 0. The molecule has 1 aliphatic rings. The Bertz CT molecular complexity index is 412. The van der Waals surface area contributed by atoms with Crippen molar-refractivity contribution in [2.45, 2.75) is 76.4 Å². The molecule has 4 heteroatoms. The maximum Gasteiger partial charge on any atom is 0.0876 e. The first kappa shape index (κ1) is 20.7. The lowest BCUT2D eigenvalue weighted by molar-refractivity contribution is -0.305. The highest BCUT2D eigenvalue weighted by Crippen LogP contribution is 2.30. The predicted octanol–water partition coefficient (Wildman–Crippen LogP) is 3.07. The molecule has 1 heterocycles. The Morgan fingerprint density at radius 3 is 2.33 bits per heavy atom. The second-order valence-corrected chi connectivity index (χ2v) is 6.17. The average Bonchev–Trinajstić information content (AvgIpc) is 3.30. The number of hydrogen-bond acceptors (Lipinski definition) is 4. The molecule has 0 bridgehead atoms. The number of hydrogen-bond donors (Lipinski definition) is 1. The molecule has 1 aliphatic heterocycles. The van der Waals surface area contributed by atoms with Crippen LogP contribution in [0.5, 0.6) is 0 Å². The molecule has 0 aromatic rings. The van der Waals surface area contributed by atoms with Crippen LogP contribution < -0.4 is 5.11 Å². The number of ether oxygens (including phenoxy) is 1. The summed E-state index contributed by atoms with van der Waals surface area (Å²) in [5.74, 6) is -0.976. The van der Waals surface area contributed by atoms with Crippen molar-refractivity contribution in [2.75, 3.05) is 6.61 Å². The van der Waals surface area contributed by atoms with Gasteiger partial charge in [-0.25, -0.2) is 0 Å². The van der Waals surface area contributed by atoms with Crippen molar-refractivity contribution in [3.63, 3.8) is 0 Å². The molecule has 136 valence electrons. The van der Waals surface area contributed by atoms with Crippen molar-refractivity contribution in [2.24, 2.45) is 0 Å². The lowest BCUT2D eigenvalue weighted by atomic mass is 10.1. The van der Waals surface area contributed by atoms with Gasteiger partial charge in [-0.1, -0.05) is 42.9 Å². The Morgan fingerprint density at radius 1 is 0.917 bits per heavy atom. The Balaban J connectivity index is 1.89. The third-order valence-electron chi connectivity index (χ3n) is 4.00. The van der Waals surface area contributed by atoms with Crippen LogP contribution in [0.1, 0.15) is 64.2 Å². The van der Waals surface area contributed by atoms with Crippen molar-refractivity contribution < 1.29 is 19.7 Å². The van der Waals surface area contributed by atoms with Gasteiger partial charge in [0, 0.05) is 12.6 Å². The highest BCUT2D eigenvalue weighted by atomic mass is 16.6. The molecule has 1 rings (SSSR count). The minimum Gasteiger partial charge on any atom is -0.550 e. The maximum absolute atomic E-state index is 10.3. The number of rotatable bonds is 15. The first-order chi connectivity index (χ1) is 11.7. The van der Waals surface area contributed by atoms with E-state index in [0.717, 1.165) is 51.4 Å². The van der Waals surface area contributed by atoms with Crippen molar-refractivity contribution in [1.29, 1.82) is 0 Å². The van der Waals surface area contributed by atoms with Gasteiger partial charge in [-0.2, -0.15) is 0 Å². The molecule has 1 fully saturated rings. The van der Waals surface area contributed by atoms with E-state index in [9.17, 15) is 9.90 Å². The molecule has 2 unspecified atom stereocenters. The molecule has 2 atom stereocenters. The minimum absolute atomic E-state index is 0.129. The highest BCUT2D eigenvalue weighted by molar-refractivity contribution is 5.64. The molecule has 4 nitrogen and oxygen atoms in total. The summed E-state index contributed by atoms with van der Waals surface area (Å²) in [6.45, 7) is 0.302. The van der Waals surface area contributed by atoms with Crippen LogP contribution in [0.15, 0.2) is 36.5 Å². The van der Waals surface area contributed by atoms with Gasteiger partial charge >= 0.3 is 0 Å². The van der Waals surface area contributed by atoms with E-state index in [0.29, 0.717) is 13.0 Å². The van der Waals surface area contributed by atoms with Gasteiger partial charge in [0.15, 0.2) is 0 Å². The molecule has 0 radical (unpaired) electrons. The van der Waals surface area contributed by atoms with Crippen LogP contribution >= 0.6 is 0 Å². The number of carboxylic acids is 1. The topological polar surface area (TPSA) is 72.9 Å². The average molecular weight is 335 g/mol. The number of carbonyl (C=O) groups excluding carboxylic acids is 1. The number of aliphatic carboxylic acids is 1. The second-order valence-electron chi connectivity index (χ2n) is 6.17. The normalized spacial score (nSPS) is 20.5. The summed E-state index contributed by atoms with van der Waals surface area (Å²) in [4.78, 5) is 10.3. The smallest absolute Gasteiger partial charge is 0.0876 e. The van der Waals surface area contributed by atoms with E-state index in [1.54, 1.807) is 0 Å². The van der Waals surface area contributed by atoms with Crippen molar-refractivity contribution in [1.82, 2.24) is 0 Å². The summed E-state index contributed by atoms with van der Waals surface area (Å²) in [5, 5.41) is 19.0. The molecular formula is C20H31O4-. The highest BCUT2D eigenvalue weighted by Gasteiger charge is 2.36. The Kier molecular flexibility index (Phi) is 12.0. The Morgan fingerprint density at radius 2 is 1.62 bits per heavy atom. The zero-order valence-corrected chi connectivity index (χ0v) is 14.6. The van der Waals surface area contributed by atoms with Crippen LogP contribution in [0.3, 0.4) is 0 Å². The van der Waals surface area contributed by atoms with Gasteiger partial charge in [0.2, 0.25) is 0 Å². The number of aliphatic hydroxyl groups is 1. The van der Waals surface area contributed by atoms with Crippen molar-refractivity contribution >= 4 is 5.97 Å². The SMILES string of the molecule is O=C([O-])CCCC1OC1C/C=C\C/C=C\C/C=C\CCCCCO. The van der Waals surface area contributed by atoms with Gasteiger partial charge in [0.05, 0.1) is 12.2 Å². The van der Waals surface area contributed by atoms with Crippen LogP contribution in [0.25, 0.3) is 0 Å². The van der Waals surface area contributed by atoms with Gasteiger partial charge < -0.3 is 19.7 Å². The van der Waals surface area contributed by atoms with Crippen molar-refractivity contribution in [3.05, 3.63) is 36.5 Å². The monoisotopic (exact) mass is 335 g/mol.